The second-order valence-corrected chi connectivity index (χ2v) is 7.89. The predicted molar refractivity (Wildman–Crippen MR) is 118 cm³/mol. The van der Waals surface area contributed by atoms with E-state index in [4.69, 9.17) is 0 Å². The lowest BCUT2D eigenvalue weighted by molar-refractivity contribution is 0.0985. The standard InChI is InChI=1S/C24H16FN3OS/c25-19-10-11-21-22(14-19)30-24(27-21)28(15-20-7-3-4-12-26-20)23(29)18-9-8-16-5-1-2-6-17(16)13-18/h1-14H,15H2. The molecule has 30 heavy (non-hydrogen) atoms. The summed E-state index contributed by atoms with van der Waals surface area (Å²) in [5.74, 6) is -0.499. The SMILES string of the molecule is O=C(c1ccc2ccccc2c1)N(Cc1ccccn1)c1nc2ccc(F)cc2s1. The number of benzene rings is 3. The van der Waals surface area contributed by atoms with Crippen LogP contribution in [-0.4, -0.2) is 15.9 Å². The van der Waals surface area contributed by atoms with Crippen LogP contribution in [-0.2, 0) is 6.54 Å². The molecule has 0 aliphatic heterocycles. The number of halogens is 1. The summed E-state index contributed by atoms with van der Waals surface area (Å²) in [5.41, 5.74) is 1.97. The number of pyridine rings is 1. The van der Waals surface area contributed by atoms with Crippen LogP contribution in [0.15, 0.2) is 85.1 Å². The van der Waals surface area contributed by atoms with E-state index in [9.17, 15) is 9.18 Å². The maximum atomic E-state index is 13.7. The lowest BCUT2D eigenvalue weighted by Crippen LogP contribution is -2.30. The third-order valence-electron chi connectivity index (χ3n) is 4.86. The van der Waals surface area contributed by atoms with Crippen LogP contribution in [0.4, 0.5) is 9.52 Å². The van der Waals surface area contributed by atoms with E-state index in [0.717, 1.165) is 16.5 Å². The Morgan fingerprint density at radius 2 is 1.77 bits per heavy atom. The fourth-order valence-electron chi connectivity index (χ4n) is 3.36. The molecule has 0 fully saturated rings. The molecule has 0 radical (unpaired) electrons. The van der Waals surface area contributed by atoms with E-state index in [1.807, 2.05) is 60.7 Å². The number of fused-ring (bicyclic) bond motifs is 2. The molecule has 5 rings (SSSR count). The van der Waals surface area contributed by atoms with Crippen LogP contribution >= 0.6 is 11.3 Å². The van der Waals surface area contributed by atoms with Crippen molar-refractivity contribution >= 4 is 43.4 Å². The van der Waals surface area contributed by atoms with Gasteiger partial charge >= 0.3 is 0 Å². The van der Waals surface area contributed by atoms with Gasteiger partial charge in [0.2, 0.25) is 0 Å². The lowest BCUT2D eigenvalue weighted by atomic mass is 10.1. The molecule has 6 heteroatoms. The van der Waals surface area contributed by atoms with Gasteiger partial charge in [0.1, 0.15) is 5.82 Å². The minimum atomic E-state index is -0.324. The van der Waals surface area contributed by atoms with Crippen molar-refractivity contribution in [2.75, 3.05) is 4.90 Å². The normalized spacial score (nSPS) is 11.1. The van der Waals surface area contributed by atoms with Gasteiger partial charge in [-0.15, -0.1) is 0 Å². The average Bonchev–Trinajstić information content (AvgIpc) is 3.20. The zero-order valence-electron chi connectivity index (χ0n) is 15.8. The molecule has 0 aliphatic carbocycles. The van der Waals surface area contributed by atoms with Crippen molar-refractivity contribution in [1.82, 2.24) is 9.97 Å². The molecule has 0 atom stereocenters. The zero-order chi connectivity index (χ0) is 20.5. The van der Waals surface area contributed by atoms with E-state index in [2.05, 4.69) is 9.97 Å². The number of rotatable bonds is 4. The Morgan fingerprint density at radius 3 is 2.60 bits per heavy atom. The molecule has 4 nitrogen and oxygen atoms in total. The molecule has 0 unspecified atom stereocenters. The highest BCUT2D eigenvalue weighted by Crippen LogP contribution is 2.31. The summed E-state index contributed by atoms with van der Waals surface area (Å²) in [7, 11) is 0. The Hall–Kier alpha value is -3.64. The number of carbonyl (C=O) groups excluding carboxylic acids is 1. The second-order valence-electron chi connectivity index (χ2n) is 6.88. The van der Waals surface area contributed by atoms with Crippen LogP contribution < -0.4 is 4.90 Å². The molecule has 5 aromatic rings. The van der Waals surface area contributed by atoms with Crippen LogP contribution in [0.25, 0.3) is 21.0 Å². The van der Waals surface area contributed by atoms with Gasteiger partial charge in [0.25, 0.3) is 5.91 Å². The van der Waals surface area contributed by atoms with E-state index in [1.54, 1.807) is 17.2 Å². The molecule has 146 valence electrons. The van der Waals surface area contributed by atoms with Gasteiger partial charge in [-0.05, 0) is 53.2 Å². The van der Waals surface area contributed by atoms with Crippen molar-refractivity contribution in [2.24, 2.45) is 0 Å². The smallest absolute Gasteiger partial charge is 0.260 e. The first-order valence-electron chi connectivity index (χ1n) is 9.44. The van der Waals surface area contributed by atoms with Crippen molar-refractivity contribution < 1.29 is 9.18 Å². The van der Waals surface area contributed by atoms with E-state index in [0.29, 0.717) is 20.9 Å². The second kappa shape index (κ2) is 7.65. The largest absolute Gasteiger partial charge is 0.278 e. The molecule has 0 saturated heterocycles. The fourth-order valence-corrected chi connectivity index (χ4v) is 4.35. The van der Waals surface area contributed by atoms with E-state index >= 15 is 0 Å². The summed E-state index contributed by atoms with van der Waals surface area (Å²) < 4.78 is 14.4. The van der Waals surface area contributed by atoms with Crippen molar-refractivity contribution in [3.63, 3.8) is 0 Å². The Bertz CT molecular complexity index is 1370. The Labute approximate surface area is 176 Å². The predicted octanol–water partition coefficient (Wildman–Crippen LogP) is 5.83. The molecule has 0 spiro atoms. The quantitative estimate of drug-likeness (QED) is 0.372. The van der Waals surface area contributed by atoms with E-state index < -0.39 is 0 Å². The summed E-state index contributed by atoms with van der Waals surface area (Å²) in [6.07, 6.45) is 1.70. The van der Waals surface area contributed by atoms with Gasteiger partial charge in [-0.25, -0.2) is 9.37 Å². The maximum Gasteiger partial charge on any atom is 0.260 e. The Kier molecular flexibility index (Phi) is 4.69. The number of aromatic nitrogens is 2. The van der Waals surface area contributed by atoms with Crippen LogP contribution in [0.2, 0.25) is 0 Å². The van der Waals surface area contributed by atoms with Gasteiger partial charge in [-0.2, -0.15) is 0 Å². The minimum Gasteiger partial charge on any atom is -0.278 e. The highest BCUT2D eigenvalue weighted by atomic mass is 32.1. The molecular weight excluding hydrogens is 397 g/mol. The summed E-state index contributed by atoms with van der Waals surface area (Å²) in [6.45, 7) is 0.273. The molecule has 0 saturated carbocycles. The van der Waals surface area contributed by atoms with Crippen molar-refractivity contribution in [3.8, 4) is 0 Å². The first-order valence-corrected chi connectivity index (χ1v) is 10.3. The van der Waals surface area contributed by atoms with Crippen LogP contribution in [0.1, 0.15) is 16.1 Å². The maximum absolute atomic E-state index is 13.7. The van der Waals surface area contributed by atoms with Crippen molar-refractivity contribution in [2.45, 2.75) is 6.54 Å². The molecule has 1 amide bonds. The monoisotopic (exact) mass is 413 g/mol. The summed E-state index contributed by atoms with van der Waals surface area (Å²) in [6, 6.07) is 23.6. The van der Waals surface area contributed by atoms with Gasteiger partial charge in [0.15, 0.2) is 5.13 Å². The molecule has 0 N–H and O–H groups in total. The molecule has 3 aromatic carbocycles. The lowest BCUT2D eigenvalue weighted by Gasteiger charge is -2.20. The fraction of sp³-hybridized carbons (Fsp3) is 0.0417. The van der Waals surface area contributed by atoms with Crippen LogP contribution in [0.3, 0.4) is 0 Å². The van der Waals surface area contributed by atoms with Gasteiger partial charge in [-0.3, -0.25) is 14.7 Å². The molecular formula is C24H16FN3OS. The topological polar surface area (TPSA) is 46.1 Å². The number of carbonyl (C=O) groups is 1. The molecule has 2 aromatic heterocycles. The number of nitrogens with zero attached hydrogens (tertiary/aromatic N) is 3. The highest BCUT2D eigenvalue weighted by molar-refractivity contribution is 7.22. The number of hydrogen-bond acceptors (Lipinski definition) is 4. The highest BCUT2D eigenvalue weighted by Gasteiger charge is 2.22. The van der Waals surface area contributed by atoms with E-state index in [-0.39, 0.29) is 18.3 Å². The Balaban J connectivity index is 1.59. The average molecular weight is 413 g/mol. The number of amides is 1. The molecule has 0 aliphatic rings. The molecule has 2 heterocycles. The number of thiazole rings is 1. The first-order chi connectivity index (χ1) is 14.7. The number of hydrogen-bond donors (Lipinski definition) is 0. The summed E-state index contributed by atoms with van der Waals surface area (Å²) in [4.78, 5) is 24.1. The molecule has 0 bridgehead atoms. The van der Waals surface area contributed by atoms with Crippen LogP contribution in [0.5, 0.6) is 0 Å². The van der Waals surface area contributed by atoms with Crippen LogP contribution in [0, 0.1) is 5.82 Å². The van der Waals surface area contributed by atoms with Gasteiger partial charge in [-0.1, -0.05) is 47.7 Å². The van der Waals surface area contributed by atoms with E-state index in [1.165, 1.54) is 23.5 Å². The first kappa shape index (κ1) is 18.4. The minimum absolute atomic E-state index is 0.175. The summed E-state index contributed by atoms with van der Waals surface area (Å²) in [5, 5.41) is 2.58. The zero-order valence-corrected chi connectivity index (χ0v) is 16.6. The third kappa shape index (κ3) is 3.53. The van der Waals surface area contributed by atoms with Gasteiger partial charge < -0.3 is 0 Å². The Morgan fingerprint density at radius 1 is 0.933 bits per heavy atom. The number of anilines is 1. The van der Waals surface area contributed by atoms with Gasteiger partial charge in [0, 0.05) is 11.8 Å². The van der Waals surface area contributed by atoms with Crippen molar-refractivity contribution in [1.29, 1.82) is 0 Å². The van der Waals surface area contributed by atoms with Gasteiger partial charge in [0.05, 0.1) is 22.5 Å². The summed E-state index contributed by atoms with van der Waals surface area (Å²) >= 11 is 1.29. The third-order valence-corrected chi connectivity index (χ3v) is 5.90. The van der Waals surface area contributed by atoms with Crippen molar-refractivity contribution in [3.05, 3.63) is 102 Å².